The molecule has 3 aromatic rings. The van der Waals surface area contributed by atoms with Crippen LogP contribution >= 0.6 is 23.2 Å². The van der Waals surface area contributed by atoms with E-state index in [-0.39, 0.29) is 11.9 Å². The highest BCUT2D eigenvalue weighted by Crippen LogP contribution is 2.24. The Kier molecular flexibility index (Phi) is 6.11. The molecule has 0 atom stereocenters. The molecule has 0 fully saturated rings. The van der Waals surface area contributed by atoms with E-state index < -0.39 is 0 Å². The molecular weight excluding hydrogens is 365 g/mol. The Hall–Kier alpha value is -2.55. The minimum atomic E-state index is -0.219. The molecule has 0 aliphatic carbocycles. The maximum absolute atomic E-state index is 12.5. The first-order chi connectivity index (χ1) is 12.6. The summed E-state index contributed by atoms with van der Waals surface area (Å²) >= 11 is 11.9. The van der Waals surface area contributed by atoms with Gasteiger partial charge in [0.2, 0.25) is 5.91 Å². The molecule has 1 amide bonds. The predicted molar refractivity (Wildman–Crippen MR) is 108 cm³/mol. The zero-order chi connectivity index (χ0) is 18.4. The molecule has 0 radical (unpaired) electrons. The average molecular weight is 382 g/mol. The van der Waals surface area contributed by atoms with E-state index >= 15 is 0 Å². The minimum absolute atomic E-state index is 0.186. The summed E-state index contributed by atoms with van der Waals surface area (Å²) in [4.78, 5) is 12.5. The first kappa shape index (κ1) is 18.2. The predicted octanol–water partition coefficient (Wildman–Crippen LogP) is 5.91. The van der Waals surface area contributed by atoms with Gasteiger partial charge < -0.3 is 5.32 Å². The van der Waals surface area contributed by atoms with Crippen molar-refractivity contribution in [3.63, 3.8) is 0 Å². The number of hydrogen-bond donors (Lipinski definition) is 1. The maximum atomic E-state index is 12.5. The second-order valence-electron chi connectivity index (χ2n) is 5.77. The van der Waals surface area contributed by atoms with Crippen molar-refractivity contribution in [2.24, 2.45) is 0 Å². The van der Waals surface area contributed by atoms with Crippen LogP contribution in [0.3, 0.4) is 0 Å². The van der Waals surface area contributed by atoms with E-state index in [1.807, 2.05) is 66.7 Å². The van der Waals surface area contributed by atoms with Crippen molar-refractivity contribution in [2.75, 3.05) is 0 Å². The van der Waals surface area contributed by atoms with Crippen LogP contribution in [0.15, 0.2) is 84.9 Å². The summed E-state index contributed by atoms with van der Waals surface area (Å²) in [6.45, 7) is 0. The summed E-state index contributed by atoms with van der Waals surface area (Å²) in [6.07, 6.45) is 3.21. The molecule has 0 aliphatic rings. The Morgan fingerprint density at radius 3 is 1.92 bits per heavy atom. The maximum Gasteiger partial charge on any atom is 0.244 e. The SMILES string of the molecule is O=C(C=Cc1ccc(Cl)c(Cl)c1)NC(c1ccccc1)c1ccccc1. The molecule has 2 nitrogen and oxygen atoms in total. The molecule has 1 N–H and O–H groups in total. The lowest BCUT2D eigenvalue weighted by molar-refractivity contribution is -0.116. The van der Waals surface area contributed by atoms with Gasteiger partial charge in [-0.3, -0.25) is 4.79 Å². The molecule has 0 unspecified atom stereocenters. The summed E-state index contributed by atoms with van der Waals surface area (Å²) in [6, 6.07) is 24.8. The summed E-state index contributed by atoms with van der Waals surface area (Å²) in [5.41, 5.74) is 2.86. The van der Waals surface area contributed by atoms with E-state index in [1.54, 1.807) is 18.2 Å². The second kappa shape index (κ2) is 8.70. The fraction of sp³-hybridized carbons (Fsp3) is 0.0455. The molecule has 130 valence electrons. The van der Waals surface area contributed by atoms with Crippen LogP contribution in [0, 0.1) is 0 Å². The van der Waals surface area contributed by atoms with Crippen molar-refractivity contribution < 1.29 is 4.79 Å². The standard InChI is InChI=1S/C22H17Cl2NO/c23-19-13-11-16(15-20(19)24)12-14-21(26)25-22(17-7-3-1-4-8-17)18-9-5-2-6-10-18/h1-15,22H,(H,25,26). The van der Waals surface area contributed by atoms with E-state index in [1.165, 1.54) is 6.08 Å². The zero-order valence-corrected chi connectivity index (χ0v) is 15.4. The van der Waals surface area contributed by atoms with Crippen molar-refractivity contribution in [2.45, 2.75) is 6.04 Å². The Bertz CT molecular complexity index is 868. The van der Waals surface area contributed by atoms with Gasteiger partial charge in [-0.2, -0.15) is 0 Å². The number of nitrogens with one attached hydrogen (secondary N) is 1. The summed E-state index contributed by atoms with van der Waals surface area (Å²) in [5, 5.41) is 4.01. The molecule has 0 aromatic heterocycles. The number of amides is 1. The van der Waals surface area contributed by atoms with Crippen molar-refractivity contribution in [3.8, 4) is 0 Å². The molecule has 0 heterocycles. The molecule has 3 rings (SSSR count). The quantitative estimate of drug-likeness (QED) is 0.546. The van der Waals surface area contributed by atoms with Gasteiger partial charge in [0, 0.05) is 6.08 Å². The van der Waals surface area contributed by atoms with Gasteiger partial charge in [0.05, 0.1) is 16.1 Å². The molecule has 3 aromatic carbocycles. The van der Waals surface area contributed by atoms with Gasteiger partial charge in [-0.1, -0.05) is 89.9 Å². The van der Waals surface area contributed by atoms with Crippen LogP contribution in [-0.4, -0.2) is 5.91 Å². The normalized spacial score (nSPS) is 11.0. The number of hydrogen-bond acceptors (Lipinski definition) is 1. The van der Waals surface area contributed by atoms with Crippen molar-refractivity contribution >= 4 is 35.2 Å². The zero-order valence-electron chi connectivity index (χ0n) is 13.9. The highest BCUT2D eigenvalue weighted by molar-refractivity contribution is 6.42. The third-order valence-corrected chi connectivity index (χ3v) is 4.66. The third kappa shape index (κ3) is 4.75. The van der Waals surface area contributed by atoms with Gasteiger partial charge in [0.1, 0.15) is 0 Å². The fourth-order valence-corrected chi connectivity index (χ4v) is 2.93. The summed E-state index contributed by atoms with van der Waals surface area (Å²) in [5.74, 6) is -0.186. The number of halogens is 2. The van der Waals surface area contributed by atoms with Crippen LogP contribution in [0.2, 0.25) is 10.0 Å². The molecule has 4 heteroatoms. The van der Waals surface area contributed by atoms with Crippen LogP contribution in [0.1, 0.15) is 22.7 Å². The van der Waals surface area contributed by atoms with Crippen LogP contribution in [0.4, 0.5) is 0 Å². The van der Waals surface area contributed by atoms with Gasteiger partial charge in [-0.25, -0.2) is 0 Å². The molecule has 0 saturated carbocycles. The minimum Gasteiger partial charge on any atom is -0.342 e. The molecule has 0 spiro atoms. The Morgan fingerprint density at radius 2 is 1.38 bits per heavy atom. The smallest absolute Gasteiger partial charge is 0.244 e. The lowest BCUT2D eigenvalue weighted by Gasteiger charge is -2.19. The van der Waals surface area contributed by atoms with Crippen LogP contribution in [0.5, 0.6) is 0 Å². The highest BCUT2D eigenvalue weighted by atomic mass is 35.5. The average Bonchev–Trinajstić information content (AvgIpc) is 2.68. The molecular formula is C22H17Cl2NO. The molecule has 26 heavy (non-hydrogen) atoms. The Morgan fingerprint density at radius 1 is 0.808 bits per heavy atom. The molecule has 0 aliphatic heterocycles. The number of rotatable bonds is 5. The lowest BCUT2D eigenvalue weighted by atomic mass is 9.98. The summed E-state index contributed by atoms with van der Waals surface area (Å²) < 4.78 is 0. The van der Waals surface area contributed by atoms with E-state index in [9.17, 15) is 4.79 Å². The topological polar surface area (TPSA) is 29.1 Å². The van der Waals surface area contributed by atoms with Crippen molar-refractivity contribution in [1.29, 1.82) is 0 Å². The van der Waals surface area contributed by atoms with Gasteiger partial charge in [-0.05, 0) is 34.9 Å². The second-order valence-corrected chi connectivity index (χ2v) is 6.58. The van der Waals surface area contributed by atoms with Crippen LogP contribution in [-0.2, 0) is 4.79 Å². The Labute approximate surface area is 163 Å². The van der Waals surface area contributed by atoms with Crippen molar-refractivity contribution in [3.05, 3.63) is 112 Å². The molecule has 0 bridgehead atoms. The van der Waals surface area contributed by atoms with E-state index in [4.69, 9.17) is 23.2 Å². The van der Waals surface area contributed by atoms with Gasteiger partial charge in [-0.15, -0.1) is 0 Å². The Balaban J connectivity index is 1.79. The third-order valence-electron chi connectivity index (χ3n) is 3.92. The first-order valence-electron chi connectivity index (χ1n) is 8.17. The number of carbonyl (C=O) groups is 1. The first-order valence-corrected chi connectivity index (χ1v) is 8.92. The van der Waals surface area contributed by atoms with E-state index in [2.05, 4.69) is 5.32 Å². The lowest BCUT2D eigenvalue weighted by Crippen LogP contribution is -2.27. The molecule has 0 saturated heterocycles. The number of carbonyl (C=O) groups excluding carboxylic acids is 1. The van der Waals surface area contributed by atoms with Crippen molar-refractivity contribution in [1.82, 2.24) is 5.32 Å². The van der Waals surface area contributed by atoms with Crippen LogP contribution < -0.4 is 5.32 Å². The van der Waals surface area contributed by atoms with Gasteiger partial charge >= 0.3 is 0 Å². The summed E-state index contributed by atoms with van der Waals surface area (Å²) in [7, 11) is 0. The van der Waals surface area contributed by atoms with E-state index in [0.29, 0.717) is 10.0 Å². The van der Waals surface area contributed by atoms with E-state index in [0.717, 1.165) is 16.7 Å². The monoisotopic (exact) mass is 381 g/mol. The number of benzene rings is 3. The van der Waals surface area contributed by atoms with Crippen LogP contribution in [0.25, 0.3) is 6.08 Å². The largest absolute Gasteiger partial charge is 0.342 e. The van der Waals surface area contributed by atoms with Gasteiger partial charge in [0.25, 0.3) is 0 Å². The highest BCUT2D eigenvalue weighted by Gasteiger charge is 2.15. The van der Waals surface area contributed by atoms with Gasteiger partial charge in [0.15, 0.2) is 0 Å². The fourth-order valence-electron chi connectivity index (χ4n) is 2.63.